The SMILES string of the molecule is CCOC(C1CCCCC1)C(NN)c1cncnc1. The van der Waals surface area contributed by atoms with Gasteiger partial charge in [-0.05, 0) is 25.7 Å². The molecule has 1 aliphatic carbocycles. The van der Waals surface area contributed by atoms with Crippen molar-refractivity contribution in [1.82, 2.24) is 15.4 Å². The van der Waals surface area contributed by atoms with E-state index in [9.17, 15) is 0 Å². The Morgan fingerprint density at radius 3 is 2.58 bits per heavy atom. The Bertz CT molecular complexity index is 354. The molecule has 0 spiro atoms. The monoisotopic (exact) mass is 264 g/mol. The van der Waals surface area contributed by atoms with Crippen LogP contribution in [-0.2, 0) is 4.74 Å². The largest absolute Gasteiger partial charge is 0.376 e. The van der Waals surface area contributed by atoms with Crippen molar-refractivity contribution in [2.45, 2.75) is 51.2 Å². The number of aromatic nitrogens is 2. The number of hydrazine groups is 1. The lowest BCUT2D eigenvalue weighted by molar-refractivity contribution is -0.0185. The number of nitrogens with one attached hydrogen (secondary N) is 1. The third-order valence-corrected chi connectivity index (χ3v) is 3.92. The molecule has 1 heterocycles. The average Bonchev–Trinajstić information content (AvgIpc) is 2.49. The fraction of sp³-hybridized carbons (Fsp3) is 0.714. The normalized spacial score (nSPS) is 20.1. The molecule has 0 amide bonds. The Kier molecular flexibility index (Phi) is 5.69. The molecule has 0 saturated heterocycles. The van der Waals surface area contributed by atoms with Crippen LogP contribution in [0.5, 0.6) is 0 Å². The number of nitrogens with zero attached hydrogens (tertiary/aromatic N) is 2. The van der Waals surface area contributed by atoms with E-state index in [1.807, 2.05) is 19.3 Å². The molecule has 2 unspecified atom stereocenters. The second-order valence-electron chi connectivity index (χ2n) is 5.13. The van der Waals surface area contributed by atoms with E-state index in [4.69, 9.17) is 10.6 Å². The van der Waals surface area contributed by atoms with Crippen molar-refractivity contribution >= 4 is 0 Å². The van der Waals surface area contributed by atoms with Gasteiger partial charge in [-0.1, -0.05) is 19.3 Å². The highest BCUT2D eigenvalue weighted by molar-refractivity contribution is 5.12. The van der Waals surface area contributed by atoms with Crippen molar-refractivity contribution in [3.05, 3.63) is 24.3 Å². The van der Waals surface area contributed by atoms with Crippen LogP contribution in [0.2, 0.25) is 0 Å². The molecule has 5 nitrogen and oxygen atoms in total. The fourth-order valence-corrected chi connectivity index (χ4v) is 3.01. The van der Waals surface area contributed by atoms with Crippen molar-refractivity contribution in [1.29, 1.82) is 0 Å². The van der Waals surface area contributed by atoms with E-state index in [0.717, 1.165) is 5.56 Å². The predicted molar refractivity (Wildman–Crippen MR) is 74.1 cm³/mol. The van der Waals surface area contributed by atoms with Gasteiger partial charge in [0.25, 0.3) is 0 Å². The second kappa shape index (κ2) is 7.53. The van der Waals surface area contributed by atoms with Crippen molar-refractivity contribution in [2.75, 3.05) is 6.61 Å². The fourth-order valence-electron chi connectivity index (χ4n) is 3.01. The summed E-state index contributed by atoms with van der Waals surface area (Å²) in [4.78, 5) is 8.16. The summed E-state index contributed by atoms with van der Waals surface area (Å²) in [6.45, 7) is 2.73. The molecule has 1 aromatic rings. The average molecular weight is 264 g/mol. The standard InChI is InChI=1S/C14H24N4O/c1-2-19-14(11-6-4-3-5-7-11)13(18-15)12-8-16-10-17-9-12/h8-11,13-14,18H,2-7,15H2,1H3. The summed E-state index contributed by atoms with van der Waals surface area (Å²) in [6, 6.07) is -0.0377. The molecule has 0 aromatic carbocycles. The summed E-state index contributed by atoms with van der Waals surface area (Å²) in [7, 11) is 0. The summed E-state index contributed by atoms with van der Waals surface area (Å²) in [5.74, 6) is 6.32. The molecule has 0 radical (unpaired) electrons. The van der Waals surface area contributed by atoms with Gasteiger partial charge in [-0.25, -0.2) is 9.97 Å². The van der Waals surface area contributed by atoms with Crippen LogP contribution in [0, 0.1) is 5.92 Å². The number of hydrogen-bond donors (Lipinski definition) is 2. The Labute approximate surface area is 114 Å². The Morgan fingerprint density at radius 2 is 2.00 bits per heavy atom. The first kappa shape index (κ1) is 14.4. The summed E-state index contributed by atoms with van der Waals surface area (Å²) in [5, 5.41) is 0. The highest BCUT2D eigenvalue weighted by Crippen LogP contribution is 2.33. The third-order valence-electron chi connectivity index (χ3n) is 3.92. The quantitative estimate of drug-likeness (QED) is 0.607. The van der Waals surface area contributed by atoms with Crippen LogP contribution in [0.15, 0.2) is 18.7 Å². The summed E-state index contributed by atoms with van der Waals surface area (Å²) < 4.78 is 5.99. The minimum absolute atomic E-state index is 0.0377. The van der Waals surface area contributed by atoms with E-state index >= 15 is 0 Å². The summed E-state index contributed by atoms with van der Waals surface area (Å²) in [5.41, 5.74) is 3.89. The van der Waals surface area contributed by atoms with E-state index in [1.54, 1.807) is 0 Å². The maximum Gasteiger partial charge on any atom is 0.115 e. The highest BCUT2D eigenvalue weighted by atomic mass is 16.5. The molecular formula is C14H24N4O. The van der Waals surface area contributed by atoms with Crippen LogP contribution in [-0.4, -0.2) is 22.7 Å². The zero-order valence-corrected chi connectivity index (χ0v) is 11.6. The van der Waals surface area contributed by atoms with Gasteiger partial charge in [-0.15, -0.1) is 0 Å². The molecule has 1 aromatic heterocycles. The van der Waals surface area contributed by atoms with Gasteiger partial charge in [0.1, 0.15) is 6.33 Å². The van der Waals surface area contributed by atoms with Gasteiger partial charge < -0.3 is 4.74 Å². The summed E-state index contributed by atoms with van der Waals surface area (Å²) >= 11 is 0. The van der Waals surface area contributed by atoms with E-state index in [0.29, 0.717) is 12.5 Å². The van der Waals surface area contributed by atoms with Crippen LogP contribution in [0.25, 0.3) is 0 Å². The van der Waals surface area contributed by atoms with E-state index in [2.05, 4.69) is 15.4 Å². The van der Waals surface area contributed by atoms with Gasteiger partial charge in [0.15, 0.2) is 0 Å². The second-order valence-corrected chi connectivity index (χ2v) is 5.13. The van der Waals surface area contributed by atoms with Crippen LogP contribution < -0.4 is 11.3 Å². The van der Waals surface area contributed by atoms with Gasteiger partial charge in [-0.3, -0.25) is 11.3 Å². The molecular weight excluding hydrogens is 240 g/mol. The lowest BCUT2D eigenvalue weighted by Gasteiger charge is -2.35. The van der Waals surface area contributed by atoms with Gasteiger partial charge in [0.2, 0.25) is 0 Å². The molecule has 3 N–H and O–H groups in total. The minimum Gasteiger partial charge on any atom is -0.376 e. The lowest BCUT2D eigenvalue weighted by atomic mass is 9.81. The smallest absolute Gasteiger partial charge is 0.115 e. The van der Waals surface area contributed by atoms with Crippen molar-refractivity contribution in [3.8, 4) is 0 Å². The van der Waals surface area contributed by atoms with E-state index < -0.39 is 0 Å². The maximum absolute atomic E-state index is 5.99. The van der Waals surface area contributed by atoms with Gasteiger partial charge in [0.05, 0.1) is 12.1 Å². The Balaban J connectivity index is 2.15. The van der Waals surface area contributed by atoms with E-state index in [-0.39, 0.29) is 12.1 Å². The Hall–Kier alpha value is -1.04. The molecule has 1 saturated carbocycles. The van der Waals surface area contributed by atoms with Gasteiger partial charge in [0, 0.05) is 24.6 Å². The van der Waals surface area contributed by atoms with Crippen LogP contribution >= 0.6 is 0 Å². The highest BCUT2D eigenvalue weighted by Gasteiger charge is 2.31. The number of nitrogens with two attached hydrogens (primary N) is 1. The zero-order chi connectivity index (χ0) is 13.5. The zero-order valence-electron chi connectivity index (χ0n) is 11.6. The minimum atomic E-state index is -0.0377. The predicted octanol–water partition coefficient (Wildman–Crippen LogP) is 1.97. The topological polar surface area (TPSA) is 73.1 Å². The lowest BCUT2D eigenvalue weighted by Crippen LogP contribution is -2.42. The molecule has 2 atom stereocenters. The first-order chi connectivity index (χ1) is 9.36. The molecule has 106 valence electrons. The van der Waals surface area contributed by atoms with Gasteiger partial charge >= 0.3 is 0 Å². The maximum atomic E-state index is 5.99. The number of hydrogen-bond acceptors (Lipinski definition) is 5. The van der Waals surface area contributed by atoms with Crippen molar-refractivity contribution in [3.63, 3.8) is 0 Å². The molecule has 1 aliphatic rings. The molecule has 19 heavy (non-hydrogen) atoms. The van der Waals surface area contributed by atoms with Crippen LogP contribution in [0.4, 0.5) is 0 Å². The van der Waals surface area contributed by atoms with Gasteiger partial charge in [-0.2, -0.15) is 0 Å². The number of ether oxygens (including phenoxy) is 1. The number of rotatable bonds is 6. The first-order valence-electron chi connectivity index (χ1n) is 7.19. The first-order valence-corrected chi connectivity index (χ1v) is 7.19. The Morgan fingerprint density at radius 1 is 1.32 bits per heavy atom. The van der Waals surface area contributed by atoms with Crippen LogP contribution in [0.3, 0.4) is 0 Å². The molecule has 5 heteroatoms. The van der Waals surface area contributed by atoms with E-state index in [1.165, 1.54) is 38.4 Å². The van der Waals surface area contributed by atoms with Crippen LogP contribution in [0.1, 0.15) is 50.6 Å². The molecule has 1 fully saturated rings. The van der Waals surface area contributed by atoms with Crippen molar-refractivity contribution < 1.29 is 4.74 Å². The molecule has 0 aliphatic heterocycles. The van der Waals surface area contributed by atoms with Crippen molar-refractivity contribution in [2.24, 2.45) is 11.8 Å². The molecule has 0 bridgehead atoms. The third kappa shape index (κ3) is 3.72. The summed E-state index contributed by atoms with van der Waals surface area (Å²) in [6.07, 6.45) is 11.6. The molecule has 2 rings (SSSR count).